The molecule has 0 radical (unpaired) electrons. The van der Waals surface area contributed by atoms with Gasteiger partial charge in [-0.15, -0.1) is 11.3 Å². The highest BCUT2D eigenvalue weighted by Gasteiger charge is 2.44. The van der Waals surface area contributed by atoms with Crippen molar-refractivity contribution in [1.29, 1.82) is 0 Å². The van der Waals surface area contributed by atoms with E-state index in [-0.39, 0.29) is 48.6 Å². The van der Waals surface area contributed by atoms with Gasteiger partial charge >= 0.3 is 17.9 Å². The Morgan fingerprint density at radius 1 is 0.816 bits per heavy atom. The normalized spacial score (nSPS) is 18.9. The number of hydrogen-bond acceptors (Lipinski definition) is 15. The van der Waals surface area contributed by atoms with E-state index in [4.69, 9.17) is 10.5 Å². The number of anilines is 1. The Hall–Kier alpha value is -7.90. The van der Waals surface area contributed by atoms with Gasteiger partial charge in [0, 0.05) is 80.6 Å². The lowest BCUT2D eigenvalue weighted by Gasteiger charge is -2.44. The van der Waals surface area contributed by atoms with Gasteiger partial charge in [-0.1, -0.05) is 97.4 Å². The van der Waals surface area contributed by atoms with Crippen LogP contribution in [-0.4, -0.2) is 164 Å². The number of likely N-dealkylation sites (tertiary alicyclic amines) is 1. The van der Waals surface area contributed by atoms with E-state index in [1.807, 2.05) is 65.1 Å². The van der Waals surface area contributed by atoms with Crippen LogP contribution in [0.3, 0.4) is 0 Å². The molecule has 1 fully saturated rings. The van der Waals surface area contributed by atoms with Gasteiger partial charge in [0.15, 0.2) is 12.1 Å². The molecule has 3 heterocycles. The van der Waals surface area contributed by atoms with E-state index in [0.717, 1.165) is 47.5 Å². The number of carbonyl (C=O) groups is 11. The number of benzene rings is 2. The molecule has 2 aromatic carbocycles. The van der Waals surface area contributed by atoms with Gasteiger partial charge in [0.05, 0.1) is 19.5 Å². The SMILES string of the molecule is CC[C@H](C)[C@H](NC(=O)[C@H]1CCCC[N+]1(C)Cc1ccc(NC(=O)[C@H](CCC(=O)O)NC(=O)[C@@H](NC(=O)[C@H](CN)N2C(=O)C=CC2=O)C(C)C)cc1)C(=O)N(C)[C@H](C[C@@H](OC(C)=O)c1nc(C(=O)N[C@@H](Cc2ccccc2)C[C@H](C)C(=O)O)cs1)C(C)C. The van der Waals surface area contributed by atoms with Crippen LogP contribution in [-0.2, 0) is 65.6 Å². The van der Waals surface area contributed by atoms with Gasteiger partial charge < -0.3 is 56.7 Å². The Balaban J connectivity index is 1.27. The fourth-order valence-electron chi connectivity index (χ4n) is 11.1. The summed E-state index contributed by atoms with van der Waals surface area (Å²) < 4.78 is 6.16. The van der Waals surface area contributed by atoms with E-state index in [2.05, 4.69) is 31.6 Å². The summed E-state index contributed by atoms with van der Waals surface area (Å²) in [5.41, 5.74) is 7.91. The summed E-state index contributed by atoms with van der Waals surface area (Å²) >= 11 is 1.13. The largest absolute Gasteiger partial charge is 0.481 e. The van der Waals surface area contributed by atoms with Gasteiger partial charge in [-0.25, -0.2) is 4.98 Å². The smallest absolute Gasteiger partial charge is 0.306 e. The molecule has 474 valence electrons. The number of likely N-dealkylation sites (N-methyl/N-ethyl adjacent to an activating group) is 2. The van der Waals surface area contributed by atoms with E-state index in [0.29, 0.717) is 52.4 Å². The zero-order chi connectivity index (χ0) is 64.4. The highest BCUT2D eigenvalue weighted by molar-refractivity contribution is 7.09. The lowest BCUT2D eigenvalue weighted by atomic mass is 9.92. The number of nitrogens with two attached hydrogens (primary N) is 1. The molecule has 0 saturated carbocycles. The molecular weight excluding hydrogens is 1140 g/mol. The number of nitrogens with one attached hydrogen (secondary N) is 5. The van der Waals surface area contributed by atoms with E-state index in [1.54, 1.807) is 62.4 Å². The second-order valence-corrected chi connectivity index (χ2v) is 24.7. The van der Waals surface area contributed by atoms with Crippen molar-refractivity contribution >= 4 is 82.2 Å². The maximum atomic E-state index is 14.9. The molecule has 0 aliphatic carbocycles. The minimum absolute atomic E-state index is 0.0663. The summed E-state index contributed by atoms with van der Waals surface area (Å²) in [5.74, 6) is -9.62. The monoisotopic (exact) mass is 1230 g/mol. The number of carboxylic acids is 2. The number of thiazole rings is 1. The van der Waals surface area contributed by atoms with E-state index >= 15 is 0 Å². The van der Waals surface area contributed by atoms with Gasteiger partial charge in [0.25, 0.3) is 23.6 Å². The molecule has 0 bridgehead atoms. The Labute approximate surface area is 512 Å². The van der Waals surface area contributed by atoms with Crippen LogP contribution in [0.5, 0.6) is 0 Å². The van der Waals surface area contributed by atoms with Crippen molar-refractivity contribution in [2.24, 2.45) is 29.4 Å². The zero-order valence-corrected chi connectivity index (χ0v) is 52.2. The summed E-state index contributed by atoms with van der Waals surface area (Å²) in [7, 11) is 3.66. The number of amides is 8. The Morgan fingerprint density at radius 3 is 2.05 bits per heavy atom. The summed E-state index contributed by atoms with van der Waals surface area (Å²) in [6, 6.07) is 9.69. The Morgan fingerprint density at radius 2 is 1.47 bits per heavy atom. The molecule has 24 nitrogen and oxygen atoms in total. The van der Waals surface area contributed by atoms with Gasteiger partial charge in [0.1, 0.15) is 41.4 Å². The van der Waals surface area contributed by atoms with Crippen LogP contribution in [0.15, 0.2) is 72.1 Å². The number of carbonyl (C=O) groups excluding carboxylic acids is 9. The van der Waals surface area contributed by atoms with Crippen molar-refractivity contribution in [1.82, 2.24) is 36.1 Å². The van der Waals surface area contributed by atoms with E-state index in [1.165, 1.54) is 6.92 Å². The summed E-state index contributed by atoms with van der Waals surface area (Å²) in [6.45, 7) is 14.4. The molecule has 1 aromatic heterocycles. The average Bonchev–Trinajstić information content (AvgIpc) is 2.23. The molecule has 3 aromatic rings. The first-order valence-electron chi connectivity index (χ1n) is 29.7. The number of carboxylic acid groups (broad SMARTS) is 2. The molecule has 8 amide bonds. The van der Waals surface area contributed by atoms with E-state index < -0.39 is 127 Å². The fourth-order valence-corrected chi connectivity index (χ4v) is 11.9. The molecule has 0 spiro atoms. The number of hydrogen-bond donors (Lipinski definition) is 8. The standard InChI is InChI=1S/C62H86N10O14S/c1-11-37(6)54(61(83)70(9)46(35(2)3)31-49(86-39(8)73)60-67-45(34-87-60)56(79)65-43(29-38(7)62(84)85)30-40-17-13-12-14-18-40)69-58(81)48-19-15-16-28-72(48,10)33-41-20-22-42(23-21-41)64-55(78)44(24-27-52(76)77)66-59(82)53(36(4)5)68-57(80)47(32-63)71-50(74)25-26-51(71)75/h12-14,17-18,20-23,25-26,34-38,43-44,46-49,53-54H,11,15-16,19,24,27-33,63H2,1-10H3,(H6-,64,65,66,68,69,76,77,78,79,80,81,82,84,85)/p+1/t37-,38-,43+,44-,46+,47-,48+,49+,53-,54-,72?/m0/s1. The van der Waals surface area contributed by atoms with Crippen molar-refractivity contribution in [3.63, 3.8) is 0 Å². The molecule has 1 saturated heterocycles. The third-order valence-corrected chi connectivity index (χ3v) is 17.3. The molecule has 1 unspecified atom stereocenters. The first-order chi connectivity index (χ1) is 41.1. The summed E-state index contributed by atoms with van der Waals surface area (Å²) in [5, 5.41) is 35.1. The van der Waals surface area contributed by atoms with Crippen LogP contribution in [0.2, 0.25) is 0 Å². The second-order valence-electron chi connectivity index (χ2n) is 23.8. The lowest BCUT2D eigenvalue weighted by Crippen LogP contribution is -2.63. The minimum atomic E-state index is -1.42. The Kier molecular flexibility index (Phi) is 25.8. The lowest BCUT2D eigenvalue weighted by molar-refractivity contribution is -0.942. The highest BCUT2D eigenvalue weighted by atomic mass is 32.1. The van der Waals surface area contributed by atoms with Crippen molar-refractivity contribution < 1.29 is 72.2 Å². The quantitative estimate of drug-likeness (QED) is 0.0243. The first-order valence-corrected chi connectivity index (χ1v) is 30.5. The van der Waals surface area contributed by atoms with Gasteiger partial charge in [-0.3, -0.25) is 57.6 Å². The summed E-state index contributed by atoms with van der Waals surface area (Å²) in [6.07, 6.45) is 3.66. The number of imide groups is 1. The van der Waals surface area contributed by atoms with Gasteiger partial charge in [-0.05, 0) is 67.6 Å². The van der Waals surface area contributed by atoms with Gasteiger partial charge in [-0.2, -0.15) is 0 Å². The third kappa shape index (κ3) is 19.6. The number of esters is 1. The fraction of sp³-hybridized carbons (Fsp3) is 0.548. The van der Waals surface area contributed by atoms with Crippen molar-refractivity contribution in [2.75, 3.05) is 32.5 Å². The number of rotatable bonds is 32. The molecule has 5 rings (SSSR count). The van der Waals surface area contributed by atoms with Crippen LogP contribution < -0.4 is 32.3 Å². The van der Waals surface area contributed by atoms with Gasteiger partial charge in [0.2, 0.25) is 23.6 Å². The van der Waals surface area contributed by atoms with Crippen LogP contribution in [0.1, 0.15) is 139 Å². The number of quaternary nitrogens is 1. The Bertz CT molecular complexity index is 2960. The molecule has 2 aliphatic heterocycles. The zero-order valence-electron chi connectivity index (χ0n) is 51.4. The highest BCUT2D eigenvalue weighted by Crippen LogP contribution is 2.33. The summed E-state index contributed by atoms with van der Waals surface area (Å²) in [4.78, 5) is 152. The van der Waals surface area contributed by atoms with Crippen LogP contribution in [0, 0.1) is 23.7 Å². The number of aliphatic carboxylic acids is 2. The van der Waals surface area contributed by atoms with Crippen LogP contribution in [0.25, 0.3) is 0 Å². The predicted molar refractivity (Wildman–Crippen MR) is 324 cm³/mol. The molecule has 9 N–H and O–H groups in total. The number of piperidine rings is 1. The van der Waals surface area contributed by atoms with Crippen molar-refractivity contribution in [3.05, 3.63) is 94.0 Å². The average molecular weight is 1230 g/mol. The number of ether oxygens (including phenoxy) is 1. The van der Waals surface area contributed by atoms with Crippen LogP contribution in [0.4, 0.5) is 5.69 Å². The number of aromatic nitrogens is 1. The van der Waals surface area contributed by atoms with Crippen molar-refractivity contribution in [2.45, 2.75) is 168 Å². The first kappa shape index (κ1) is 69.9. The van der Waals surface area contributed by atoms with Crippen LogP contribution >= 0.6 is 11.3 Å². The predicted octanol–water partition coefficient (Wildman–Crippen LogP) is 4.48. The molecule has 25 heteroatoms. The minimum Gasteiger partial charge on any atom is -0.481 e. The number of nitrogens with zero attached hydrogens (tertiary/aromatic N) is 4. The third-order valence-electron chi connectivity index (χ3n) is 16.3. The maximum Gasteiger partial charge on any atom is 0.306 e. The topological polar surface area (TPSA) is 343 Å². The molecule has 2 aliphatic rings. The molecule has 11 atom stereocenters. The van der Waals surface area contributed by atoms with E-state index in [9.17, 15) is 63.0 Å². The molecular formula is C62H87N10O14S+. The molecule has 87 heavy (non-hydrogen) atoms. The maximum absolute atomic E-state index is 14.9. The second kappa shape index (κ2) is 32.2. The van der Waals surface area contributed by atoms with Crippen molar-refractivity contribution in [3.8, 4) is 0 Å².